The number of nitrogens with one attached hydrogen (secondary N) is 2. The van der Waals surface area contributed by atoms with Crippen molar-refractivity contribution in [3.63, 3.8) is 0 Å². The molecule has 0 aliphatic carbocycles. The SMILES string of the molecule is CC(CC(N)=O)NC(=O)N[C@H](Cc1ccccc1)C(=O)O. The molecule has 5 N–H and O–H groups in total. The van der Waals surface area contributed by atoms with Gasteiger partial charge in [0, 0.05) is 18.9 Å². The normalized spacial score (nSPS) is 13.0. The molecule has 2 atom stereocenters. The molecule has 1 aromatic carbocycles. The fourth-order valence-electron chi connectivity index (χ4n) is 1.83. The number of hydrogen-bond acceptors (Lipinski definition) is 3. The number of amides is 3. The zero-order chi connectivity index (χ0) is 15.8. The van der Waals surface area contributed by atoms with Crippen molar-refractivity contribution >= 4 is 17.9 Å². The molecular formula is C14H19N3O4. The lowest BCUT2D eigenvalue weighted by atomic mass is 10.1. The van der Waals surface area contributed by atoms with Gasteiger partial charge < -0.3 is 21.5 Å². The van der Waals surface area contributed by atoms with Crippen LogP contribution in [-0.4, -0.2) is 35.1 Å². The van der Waals surface area contributed by atoms with Crippen LogP contribution in [-0.2, 0) is 16.0 Å². The highest BCUT2D eigenvalue weighted by Crippen LogP contribution is 2.03. The third-order valence-electron chi connectivity index (χ3n) is 2.77. The van der Waals surface area contributed by atoms with Crippen molar-refractivity contribution in [2.45, 2.75) is 31.8 Å². The fourth-order valence-corrected chi connectivity index (χ4v) is 1.83. The Morgan fingerprint density at radius 2 is 1.81 bits per heavy atom. The number of carbonyl (C=O) groups is 3. The van der Waals surface area contributed by atoms with Gasteiger partial charge in [-0.3, -0.25) is 4.79 Å². The van der Waals surface area contributed by atoms with Crippen LogP contribution in [0.15, 0.2) is 30.3 Å². The molecule has 0 heterocycles. The molecule has 0 spiro atoms. The Kier molecular flexibility index (Phi) is 6.19. The van der Waals surface area contributed by atoms with E-state index in [4.69, 9.17) is 10.8 Å². The predicted molar refractivity (Wildman–Crippen MR) is 76.5 cm³/mol. The Labute approximate surface area is 122 Å². The number of hydrogen-bond donors (Lipinski definition) is 4. The average molecular weight is 293 g/mol. The average Bonchev–Trinajstić information content (AvgIpc) is 2.37. The number of benzene rings is 1. The van der Waals surface area contributed by atoms with Crippen molar-refractivity contribution in [2.75, 3.05) is 0 Å². The number of carboxylic acids is 1. The summed E-state index contributed by atoms with van der Waals surface area (Å²) >= 11 is 0. The molecule has 0 radical (unpaired) electrons. The fraction of sp³-hybridized carbons (Fsp3) is 0.357. The van der Waals surface area contributed by atoms with E-state index in [1.807, 2.05) is 6.07 Å². The lowest BCUT2D eigenvalue weighted by Gasteiger charge is -2.17. The minimum Gasteiger partial charge on any atom is -0.480 e. The number of aliphatic carboxylic acids is 1. The summed E-state index contributed by atoms with van der Waals surface area (Å²) in [5, 5.41) is 14.0. The maximum atomic E-state index is 11.7. The van der Waals surface area contributed by atoms with Crippen LogP contribution in [0.5, 0.6) is 0 Å². The number of carbonyl (C=O) groups excluding carboxylic acids is 2. The molecule has 0 fully saturated rings. The van der Waals surface area contributed by atoms with Gasteiger partial charge in [0.1, 0.15) is 6.04 Å². The largest absolute Gasteiger partial charge is 0.480 e. The second-order valence-electron chi connectivity index (χ2n) is 4.77. The maximum absolute atomic E-state index is 11.7. The molecule has 3 amide bonds. The Bertz CT molecular complexity index is 504. The van der Waals surface area contributed by atoms with Gasteiger partial charge >= 0.3 is 12.0 Å². The van der Waals surface area contributed by atoms with Gasteiger partial charge in [-0.05, 0) is 12.5 Å². The number of urea groups is 1. The van der Waals surface area contributed by atoms with E-state index in [1.165, 1.54) is 0 Å². The van der Waals surface area contributed by atoms with Crippen molar-refractivity contribution in [2.24, 2.45) is 5.73 Å². The first-order chi connectivity index (χ1) is 9.88. The highest BCUT2D eigenvalue weighted by atomic mass is 16.4. The number of rotatable bonds is 7. The standard InChI is InChI=1S/C14H19N3O4/c1-9(7-12(15)18)16-14(21)17-11(13(19)20)8-10-5-3-2-4-6-10/h2-6,9,11H,7-8H2,1H3,(H2,15,18)(H,19,20)(H2,16,17,21)/t9?,11-/m1/s1. The molecule has 0 aliphatic heterocycles. The highest BCUT2D eigenvalue weighted by Gasteiger charge is 2.21. The summed E-state index contributed by atoms with van der Waals surface area (Å²) in [6, 6.07) is 6.82. The molecule has 0 bridgehead atoms. The minimum atomic E-state index is -1.13. The number of carboxylic acid groups (broad SMARTS) is 1. The van der Waals surface area contributed by atoms with Crippen LogP contribution in [0.4, 0.5) is 4.79 Å². The molecule has 1 unspecified atom stereocenters. The summed E-state index contributed by atoms with van der Waals surface area (Å²) in [6.07, 6.45) is 0.164. The van der Waals surface area contributed by atoms with Gasteiger partial charge in [0.05, 0.1) is 0 Å². The summed E-state index contributed by atoms with van der Waals surface area (Å²) in [4.78, 5) is 33.6. The summed E-state index contributed by atoms with van der Waals surface area (Å²) in [5.74, 6) is -1.67. The highest BCUT2D eigenvalue weighted by molar-refractivity contribution is 5.83. The second-order valence-corrected chi connectivity index (χ2v) is 4.77. The van der Waals surface area contributed by atoms with Crippen LogP contribution in [0.25, 0.3) is 0 Å². The maximum Gasteiger partial charge on any atom is 0.326 e. The van der Waals surface area contributed by atoms with Crippen LogP contribution >= 0.6 is 0 Å². The van der Waals surface area contributed by atoms with Crippen molar-refractivity contribution < 1.29 is 19.5 Å². The first-order valence-corrected chi connectivity index (χ1v) is 6.50. The van der Waals surface area contributed by atoms with Crippen LogP contribution in [0.1, 0.15) is 18.9 Å². The van der Waals surface area contributed by atoms with E-state index < -0.39 is 30.0 Å². The van der Waals surface area contributed by atoms with Gasteiger partial charge in [0.2, 0.25) is 5.91 Å². The lowest BCUT2D eigenvalue weighted by Crippen LogP contribution is -2.49. The molecule has 0 saturated carbocycles. The zero-order valence-corrected chi connectivity index (χ0v) is 11.7. The van der Waals surface area contributed by atoms with Gasteiger partial charge in [0.15, 0.2) is 0 Å². The quantitative estimate of drug-likeness (QED) is 0.575. The molecule has 114 valence electrons. The van der Waals surface area contributed by atoms with Gasteiger partial charge in [-0.1, -0.05) is 30.3 Å². The third kappa shape index (κ3) is 6.42. The van der Waals surface area contributed by atoms with E-state index in [1.54, 1.807) is 31.2 Å². The Morgan fingerprint density at radius 1 is 1.19 bits per heavy atom. The lowest BCUT2D eigenvalue weighted by molar-refractivity contribution is -0.139. The Morgan fingerprint density at radius 3 is 2.33 bits per heavy atom. The molecule has 21 heavy (non-hydrogen) atoms. The molecule has 0 aromatic heterocycles. The molecule has 7 nitrogen and oxygen atoms in total. The summed E-state index contributed by atoms with van der Waals surface area (Å²) < 4.78 is 0. The first-order valence-electron chi connectivity index (χ1n) is 6.50. The molecular weight excluding hydrogens is 274 g/mol. The van der Waals surface area contributed by atoms with Crippen LogP contribution < -0.4 is 16.4 Å². The Hall–Kier alpha value is -2.57. The minimum absolute atomic E-state index is 0.0101. The van der Waals surface area contributed by atoms with Crippen molar-refractivity contribution in [3.05, 3.63) is 35.9 Å². The van der Waals surface area contributed by atoms with E-state index in [-0.39, 0.29) is 12.8 Å². The predicted octanol–water partition coefficient (Wildman–Crippen LogP) is 0.245. The van der Waals surface area contributed by atoms with E-state index in [0.717, 1.165) is 5.56 Å². The van der Waals surface area contributed by atoms with Crippen molar-refractivity contribution in [3.8, 4) is 0 Å². The van der Waals surface area contributed by atoms with Gasteiger partial charge in [-0.25, -0.2) is 9.59 Å². The van der Waals surface area contributed by atoms with Crippen LogP contribution in [0, 0.1) is 0 Å². The van der Waals surface area contributed by atoms with Gasteiger partial charge in [0.25, 0.3) is 0 Å². The molecule has 1 aromatic rings. The monoisotopic (exact) mass is 293 g/mol. The van der Waals surface area contributed by atoms with E-state index in [9.17, 15) is 14.4 Å². The van der Waals surface area contributed by atoms with Crippen molar-refractivity contribution in [1.82, 2.24) is 10.6 Å². The smallest absolute Gasteiger partial charge is 0.326 e. The van der Waals surface area contributed by atoms with Crippen LogP contribution in [0.2, 0.25) is 0 Å². The second kappa shape index (κ2) is 7.88. The topological polar surface area (TPSA) is 122 Å². The first kappa shape index (κ1) is 16.5. The number of primary amides is 1. The zero-order valence-electron chi connectivity index (χ0n) is 11.7. The van der Waals surface area contributed by atoms with Gasteiger partial charge in [-0.2, -0.15) is 0 Å². The van der Waals surface area contributed by atoms with Crippen LogP contribution in [0.3, 0.4) is 0 Å². The van der Waals surface area contributed by atoms with E-state index in [0.29, 0.717) is 0 Å². The van der Waals surface area contributed by atoms with E-state index >= 15 is 0 Å². The molecule has 1 rings (SSSR count). The summed E-state index contributed by atoms with van der Waals surface area (Å²) in [7, 11) is 0. The van der Waals surface area contributed by atoms with E-state index in [2.05, 4.69) is 10.6 Å². The molecule has 0 saturated heterocycles. The van der Waals surface area contributed by atoms with Crippen molar-refractivity contribution in [1.29, 1.82) is 0 Å². The third-order valence-corrected chi connectivity index (χ3v) is 2.77. The summed E-state index contributed by atoms with van der Waals surface area (Å²) in [5.41, 5.74) is 5.82. The van der Waals surface area contributed by atoms with Gasteiger partial charge in [-0.15, -0.1) is 0 Å². The molecule has 7 heteroatoms. The summed E-state index contributed by atoms with van der Waals surface area (Å²) in [6.45, 7) is 1.61. The number of nitrogens with two attached hydrogens (primary N) is 1. The Balaban J connectivity index is 2.56. The molecule has 0 aliphatic rings.